The van der Waals surface area contributed by atoms with Crippen molar-refractivity contribution in [1.29, 1.82) is 0 Å². The zero-order valence-corrected chi connectivity index (χ0v) is 16.0. The highest BCUT2D eigenvalue weighted by Crippen LogP contribution is 2.29. The molecule has 134 valence electrons. The van der Waals surface area contributed by atoms with E-state index in [-0.39, 0.29) is 17.2 Å². The summed E-state index contributed by atoms with van der Waals surface area (Å²) in [5.41, 5.74) is -0.141. The molecule has 0 aromatic carbocycles. The number of hydrogen-bond acceptors (Lipinski definition) is 4. The lowest BCUT2D eigenvalue weighted by Gasteiger charge is -2.47. The van der Waals surface area contributed by atoms with Gasteiger partial charge in [0, 0.05) is 36.3 Å². The van der Waals surface area contributed by atoms with Crippen LogP contribution >= 0.6 is 0 Å². The van der Waals surface area contributed by atoms with Gasteiger partial charge in [0.1, 0.15) is 5.60 Å². The van der Waals surface area contributed by atoms with Gasteiger partial charge in [0.15, 0.2) is 0 Å². The van der Waals surface area contributed by atoms with Gasteiger partial charge in [0.05, 0.1) is 0 Å². The largest absolute Gasteiger partial charge is 0.444 e. The molecule has 2 aliphatic heterocycles. The van der Waals surface area contributed by atoms with E-state index in [1.807, 2.05) is 25.7 Å². The van der Waals surface area contributed by atoms with Gasteiger partial charge in [-0.3, -0.25) is 0 Å². The van der Waals surface area contributed by atoms with Crippen LogP contribution in [0.15, 0.2) is 0 Å². The van der Waals surface area contributed by atoms with Crippen molar-refractivity contribution >= 4 is 6.09 Å². The summed E-state index contributed by atoms with van der Waals surface area (Å²) < 4.78 is 5.48. The molecule has 2 heterocycles. The number of ether oxygens (including phenoxy) is 1. The van der Waals surface area contributed by atoms with E-state index in [1.165, 1.54) is 0 Å². The fourth-order valence-electron chi connectivity index (χ4n) is 4.16. The molecule has 0 bridgehead atoms. The van der Waals surface area contributed by atoms with Crippen LogP contribution in [-0.4, -0.2) is 52.8 Å². The first kappa shape index (κ1) is 18.5. The van der Waals surface area contributed by atoms with Gasteiger partial charge in [-0.25, -0.2) is 4.79 Å². The number of piperidine rings is 1. The van der Waals surface area contributed by atoms with Crippen LogP contribution in [0.1, 0.15) is 67.7 Å². The summed E-state index contributed by atoms with van der Waals surface area (Å²) in [6, 6.07) is 0.863. The number of carbonyl (C=O) groups excluding carboxylic acids is 1. The Kier molecular flexibility index (Phi) is 5.03. The number of likely N-dealkylation sites (tertiary alicyclic amines) is 1. The summed E-state index contributed by atoms with van der Waals surface area (Å²) in [5.74, 6) is 0. The lowest BCUT2D eigenvalue weighted by molar-refractivity contribution is 0.0288. The zero-order chi connectivity index (χ0) is 17.5. The molecule has 2 saturated heterocycles. The second-order valence-corrected chi connectivity index (χ2v) is 9.58. The van der Waals surface area contributed by atoms with Gasteiger partial charge in [0.2, 0.25) is 0 Å². The molecule has 2 aliphatic rings. The Bertz CT molecular complexity index is 424. The Balaban J connectivity index is 1.87. The number of nitrogens with zero attached hydrogens (tertiary/aromatic N) is 1. The van der Waals surface area contributed by atoms with Gasteiger partial charge in [-0.2, -0.15) is 0 Å². The summed E-state index contributed by atoms with van der Waals surface area (Å²) in [6.07, 6.45) is 3.04. The Morgan fingerprint density at radius 1 is 1.13 bits per heavy atom. The molecule has 5 heteroatoms. The smallest absolute Gasteiger partial charge is 0.410 e. The van der Waals surface area contributed by atoms with Crippen LogP contribution in [0.2, 0.25) is 0 Å². The summed E-state index contributed by atoms with van der Waals surface area (Å²) in [7, 11) is 0. The first-order chi connectivity index (χ1) is 10.4. The summed E-state index contributed by atoms with van der Waals surface area (Å²) >= 11 is 0. The molecule has 2 N–H and O–H groups in total. The molecular formula is C18H35N3O2. The highest BCUT2D eigenvalue weighted by atomic mass is 16.6. The molecule has 1 amide bonds. The van der Waals surface area contributed by atoms with E-state index < -0.39 is 5.60 Å². The summed E-state index contributed by atoms with van der Waals surface area (Å²) in [5, 5.41) is 7.50. The molecular weight excluding hydrogens is 290 g/mol. The maximum Gasteiger partial charge on any atom is 0.410 e. The van der Waals surface area contributed by atoms with Crippen LogP contribution < -0.4 is 10.6 Å². The van der Waals surface area contributed by atoms with Gasteiger partial charge >= 0.3 is 6.09 Å². The first-order valence-electron chi connectivity index (χ1n) is 8.89. The second-order valence-electron chi connectivity index (χ2n) is 9.58. The zero-order valence-electron chi connectivity index (χ0n) is 16.0. The van der Waals surface area contributed by atoms with Gasteiger partial charge in [0.25, 0.3) is 0 Å². The fourth-order valence-corrected chi connectivity index (χ4v) is 4.16. The lowest BCUT2D eigenvalue weighted by Crippen LogP contribution is -2.62. The first-order valence-corrected chi connectivity index (χ1v) is 8.89. The molecule has 0 spiro atoms. The molecule has 0 aromatic rings. The van der Waals surface area contributed by atoms with Crippen LogP contribution in [0.4, 0.5) is 4.79 Å². The highest BCUT2D eigenvalue weighted by Gasteiger charge is 2.39. The van der Waals surface area contributed by atoms with Crippen molar-refractivity contribution in [1.82, 2.24) is 15.5 Å². The molecule has 0 saturated carbocycles. The summed E-state index contributed by atoms with van der Waals surface area (Å²) in [4.78, 5) is 14.0. The van der Waals surface area contributed by atoms with Crippen molar-refractivity contribution in [3.05, 3.63) is 0 Å². The minimum absolute atomic E-state index is 0.142. The minimum Gasteiger partial charge on any atom is -0.444 e. The maximum absolute atomic E-state index is 12.2. The molecule has 2 fully saturated rings. The van der Waals surface area contributed by atoms with Crippen LogP contribution in [0.25, 0.3) is 0 Å². The third kappa shape index (κ3) is 5.64. The van der Waals surface area contributed by atoms with Crippen molar-refractivity contribution in [3.63, 3.8) is 0 Å². The number of carbonyl (C=O) groups is 1. The predicted octanol–water partition coefficient (Wildman–Crippen LogP) is 2.89. The van der Waals surface area contributed by atoms with Crippen LogP contribution in [-0.2, 0) is 4.74 Å². The van der Waals surface area contributed by atoms with Crippen molar-refractivity contribution in [2.45, 2.75) is 96.5 Å². The van der Waals surface area contributed by atoms with Crippen molar-refractivity contribution < 1.29 is 9.53 Å². The van der Waals surface area contributed by atoms with Gasteiger partial charge in [-0.05, 0) is 67.7 Å². The third-order valence-corrected chi connectivity index (χ3v) is 4.50. The number of hydrogen-bond donors (Lipinski definition) is 2. The van der Waals surface area contributed by atoms with E-state index in [1.54, 1.807) is 0 Å². The quantitative estimate of drug-likeness (QED) is 0.820. The minimum atomic E-state index is -0.425. The Morgan fingerprint density at radius 3 is 2.22 bits per heavy atom. The van der Waals surface area contributed by atoms with Crippen LogP contribution in [0.5, 0.6) is 0 Å². The van der Waals surface area contributed by atoms with Gasteiger partial charge in [-0.1, -0.05) is 0 Å². The normalized spacial score (nSPS) is 28.0. The Labute approximate surface area is 141 Å². The van der Waals surface area contributed by atoms with Crippen molar-refractivity contribution in [3.8, 4) is 0 Å². The van der Waals surface area contributed by atoms with E-state index in [0.29, 0.717) is 12.1 Å². The van der Waals surface area contributed by atoms with Crippen LogP contribution in [0.3, 0.4) is 0 Å². The molecule has 1 atom stereocenters. The number of amides is 1. The van der Waals surface area contributed by atoms with Gasteiger partial charge < -0.3 is 20.3 Å². The van der Waals surface area contributed by atoms with E-state index >= 15 is 0 Å². The standard InChI is InChI=1S/C18H35N3O2/c1-16(2,3)23-15(22)21-9-8-13(12-21)19-14-10-17(4,5)20-18(6,7)11-14/h13-14,19-20H,8-12H2,1-7H3. The average molecular weight is 325 g/mol. The van der Waals surface area contributed by atoms with E-state index in [2.05, 4.69) is 38.3 Å². The molecule has 2 rings (SSSR count). The fraction of sp³-hybridized carbons (Fsp3) is 0.944. The average Bonchev–Trinajstić information content (AvgIpc) is 2.70. The molecule has 0 aromatic heterocycles. The molecule has 0 aliphatic carbocycles. The molecule has 5 nitrogen and oxygen atoms in total. The summed E-state index contributed by atoms with van der Waals surface area (Å²) in [6.45, 7) is 16.3. The number of nitrogens with one attached hydrogen (secondary N) is 2. The van der Waals surface area contributed by atoms with Crippen molar-refractivity contribution in [2.75, 3.05) is 13.1 Å². The third-order valence-electron chi connectivity index (χ3n) is 4.50. The van der Waals surface area contributed by atoms with Gasteiger partial charge in [-0.15, -0.1) is 0 Å². The lowest BCUT2D eigenvalue weighted by atomic mass is 9.79. The van der Waals surface area contributed by atoms with Crippen LogP contribution in [0, 0.1) is 0 Å². The predicted molar refractivity (Wildman–Crippen MR) is 93.7 cm³/mol. The Hall–Kier alpha value is -0.810. The molecule has 1 unspecified atom stereocenters. The molecule has 23 heavy (non-hydrogen) atoms. The number of rotatable bonds is 2. The Morgan fingerprint density at radius 2 is 1.70 bits per heavy atom. The highest BCUT2D eigenvalue weighted by molar-refractivity contribution is 5.68. The van der Waals surface area contributed by atoms with E-state index in [9.17, 15) is 4.79 Å². The SMILES string of the molecule is CC1(C)CC(NC2CCN(C(=O)OC(C)(C)C)C2)CC(C)(C)N1. The molecule has 0 radical (unpaired) electrons. The monoisotopic (exact) mass is 325 g/mol. The second kappa shape index (κ2) is 6.25. The topological polar surface area (TPSA) is 53.6 Å². The van der Waals surface area contributed by atoms with E-state index in [4.69, 9.17) is 4.74 Å². The maximum atomic E-state index is 12.2. The van der Waals surface area contributed by atoms with E-state index in [0.717, 1.165) is 32.4 Å². The van der Waals surface area contributed by atoms with Crippen molar-refractivity contribution in [2.24, 2.45) is 0 Å².